The van der Waals surface area contributed by atoms with Crippen molar-refractivity contribution >= 4 is 130 Å². The number of aliphatic hydroxyl groups excluding tert-OH is 2. The number of carbonyl (C=O) groups is 2. The van der Waals surface area contributed by atoms with Gasteiger partial charge in [-0.15, -0.1) is 11.8 Å². The van der Waals surface area contributed by atoms with Crippen LogP contribution in [0.2, 0.25) is 0 Å². The molecule has 0 aromatic heterocycles. The van der Waals surface area contributed by atoms with E-state index in [4.69, 9.17) is 19.2 Å². The predicted octanol–water partition coefficient (Wildman–Crippen LogP) is 12.0. The zero-order chi connectivity index (χ0) is 55.5. The minimum absolute atomic E-state index is 0.164. The van der Waals surface area contributed by atoms with Gasteiger partial charge in [0.2, 0.25) is 0 Å². The number of ether oxygens (including phenoxy) is 2. The molecule has 1 fully saturated rings. The molecular weight excluding hydrogens is 1150 g/mol. The first-order valence-corrected chi connectivity index (χ1v) is 38.8. The van der Waals surface area contributed by atoms with Crippen LogP contribution in [0.4, 0.5) is 0 Å². The lowest BCUT2D eigenvalue weighted by atomic mass is 9.62. The lowest BCUT2D eigenvalue weighted by Crippen LogP contribution is -2.50. The van der Waals surface area contributed by atoms with Gasteiger partial charge in [0.25, 0.3) is 0 Å². The first-order valence-electron chi connectivity index (χ1n) is 26.8. The van der Waals surface area contributed by atoms with Crippen LogP contribution in [0.5, 0.6) is 11.5 Å². The fourth-order valence-corrected chi connectivity index (χ4v) is 20.2. The van der Waals surface area contributed by atoms with Crippen LogP contribution >= 0.6 is 118 Å². The number of thioether (sulfide) groups is 10. The van der Waals surface area contributed by atoms with Gasteiger partial charge in [0, 0.05) is 110 Å². The van der Waals surface area contributed by atoms with E-state index >= 15 is 0 Å². The lowest BCUT2D eigenvalue weighted by molar-refractivity contribution is -0.256. The molecule has 1 saturated carbocycles. The van der Waals surface area contributed by atoms with E-state index in [0.717, 1.165) is 112 Å². The molecule has 0 bridgehead atoms. The maximum atomic E-state index is 12.2. The average molecular weight is 1240 g/mol. The van der Waals surface area contributed by atoms with Crippen LogP contribution in [-0.4, -0.2) is 189 Å². The summed E-state index contributed by atoms with van der Waals surface area (Å²) >= 11 is 18.8. The van der Waals surface area contributed by atoms with Crippen molar-refractivity contribution in [3.8, 4) is 11.5 Å². The van der Waals surface area contributed by atoms with Gasteiger partial charge in [0.05, 0.1) is 18.3 Å². The topological polar surface area (TPSA) is 136 Å². The number of hydrogen-bond acceptors (Lipinski definition) is 20. The van der Waals surface area contributed by atoms with Crippen molar-refractivity contribution in [2.24, 2.45) is 10.8 Å². The van der Waals surface area contributed by atoms with Crippen LogP contribution < -0.4 is 20.1 Å². The summed E-state index contributed by atoms with van der Waals surface area (Å²) < 4.78 is 12.0. The third-order valence-electron chi connectivity index (χ3n) is 12.7. The van der Waals surface area contributed by atoms with Crippen LogP contribution in [0, 0.1) is 10.8 Å². The maximum absolute atomic E-state index is 12.2. The molecule has 1 aliphatic carbocycles. The summed E-state index contributed by atoms with van der Waals surface area (Å²) in [5, 5.41) is 29.9. The quantitative estimate of drug-likeness (QED) is 0.0284. The highest BCUT2D eigenvalue weighted by molar-refractivity contribution is 8.07. The maximum Gasteiger partial charge on any atom is 0.365 e. The summed E-state index contributed by atoms with van der Waals surface area (Å²) in [6.45, 7) is 16.7. The van der Waals surface area contributed by atoms with Crippen molar-refractivity contribution in [3.05, 3.63) is 59.7 Å². The molecule has 0 saturated heterocycles. The third-order valence-corrected chi connectivity index (χ3v) is 24.4. The highest BCUT2D eigenvalue weighted by Crippen LogP contribution is 2.46. The fraction of sp³-hybridized carbons (Fsp3) is 0.750. The zero-order valence-corrected chi connectivity index (χ0v) is 55.3. The van der Waals surface area contributed by atoms with Crippen LogP contribution in [0.3, 0.4) is 0 Å². The smallest absolute Gasteiger partial charge is 0.365 e. The normalized spacial score (nSPS) is 18.2. The average Bonchev–Trinajstić information content (AvgIpc) is 3.39. The second kappa shape index (κ2) is 41.3. The molecule has 0 spiro atoms. The molecule has 1 aliphatic rings. The van der Waals surface area contributed by atoms with Crippen LogP contribution in [-0.2, 0) is 24.8 Å². The van der Waals surface area contributed by atoms with Crippen molar-refractivity contribution < 1.29 is 39.1 Å². The van der Waals surface area contributed by atoms with Crippen molar-refractivity contribution in [3.63, 3.8) is 0 Å². The molecule has 6 unspecified atom stereocenters. The number of aliphatic hydroxyl groups is 2. The Morgan fingerprint density at radius 2 is 1.17 bits per heavy atom. The Labute approximate surface area is 502 Å². The summed E-state index contributed by atoms with van der Waals surface area (Å²) in [6.07, 6.45) is 9.64. The molecule has 0 aliphatic heterocycles. The summed E-state index contributed by atoms with van der Waals surface area (Å²) in [6, 6.07) is 16.7. The standard InChI is InChI=1S/C56H94N2O8S10/c1-10-57-42-56(6)32-45(31-54(2,3)41-56)58-33-47(60)35-64-49-17-13-44(14-18-49)55(4,5)43-11-15-48(16-12-43)63-34-46(59)19-21-70-28-30-76-50(36-69-9)37-73-26-27-74-40-53(62)66-65-52(61)20-22-71-38-51(75-29-24-68-8)39-72-25-23-67-7/h11-18,45-47,50-51,57-60H,10,19-42H2,1-9H3. The van der Waals surface area contributed by atoms with Gasteiger partial charge in [-0.3, -0.25) is 0 Å². The van der Waals surface area contributed by atoms with E-state index in [0.29, 0.717) is 35.3 Å². The minimum atomic E-state index is -0.596. The Bertz CT molecular complexity index is 1830. The number of benzene rings is 2. The molecule has 436 valence electrons. The molecule has 0 radical (unpaired) electrons. The highest BCUT2D eigenvalue weighted by Gasteiger charge is 2.41. The van der Waals surface area contributed by atoms with E-state index in [-0.39, 0.29) is 41.6 Å². The Hall–Kier alpha value is 0.320. The van der Waals surface area contributed by atoms with Crippen LogP contribution in [0.15, 0.2) is 48.5 Å². The highest BCUT2D eigenvalue weighted by atomic mass is 32.2. The van der Waals surface area contributed by atoms with Gasteiger partial charge in [0.1, 0.15) is 30.8 Å². The molecule has 0 heterocycles. The van der Waals surface area contributed by atoms with E-state index in [2.05, 4.69) is 95.2 Å². The molecule has 0 amide bonds. The van der Waals surface area contributed by atoms with Gasteiger partial charge in [-0.1, -0.05) is 65.8 Å². The fourth-order valence-electron chi connectivity index (χ4n) is 9.01. The summed E-state index contributed by atoms with van der Waals surface area (Å²) in [7, 11) is 0. The number of carbonyl (C=O) groups excluding carboxylic acids is 2. The van der Waals surface area contributed by atoms with E-state index in [1.807, 2.05) is 118 Å². The van der Waals surface area contributed by atoms with E-state index in [1.165, 1.54) is 29.7 Å². The summed E-state index contributed by atoms with van der Waals surface area (Å²) in [5.41, 5.74) is 2.58. The molecule has 2 aromatic rings. The van der Waals surface area contributed by atoms with Crippen molar-refractivity contribution in [2.45, 2.75) is 108 Å². The first kappa shape index (κ1) is 70.6. The Morgan fingerprint density at radius 1 is 0.645 bits per heavy atom. The van der Waals surface area contributed by atoms with Crippen LogP contribution in [0.25, 0.3) is 0 Å². The predicted molar refractivity (Wildman–Crippen MR) is 350 cm³/mol. The number of hydrogen-bond donors (Lipinski definition) is 4. The van der Waals surface area contributed by atoms with Gasteiger partial charge in [-0.25, -0.2) is 19.4 Å². The molecular formula is C56H94N2O8S10. The van der Waals surface area contributed by atoms with Gasteiger partial charge >= 0.3 is 11.9 Å². The molecule has 4 N–H and O–H groups in total. The molecule has 6 atom stereocenters. The number of nitrogens with one attached hydrogen (secondary N) is 2. The van der Waals surface area contributed by atoms with Gasteiger partial charge in [-0.2, -0.15) is 106 Å². The monoisotopic (exact) mass is 1240 g/mol. The first-order chi connectivity index (χ1) is 36.5. The third kappa shape index (κ3) is 31.7. The molecule has 2 aromatic carbocycles. The Morgan fingerprint density at radius 3 is 1.78 bits per heavy atom. The van der Waals surface area contributed by atoms with Gasteiger partial charge in [0.15, 0.2) is 0 Å². The van der Waals surface area contributed by atoms with Crippen molar-refractivity contribution in [1.29, 1.82) is 0 Å². The molecule has 20 heteroatoms. The largest absolute Gasteiger partial charge is 0.491 e. The summed E-state index contributed by atoms with van der Waals surface area (Å²) in [4.78, 5) is 34.0. The van der Waals surface area contributed by atoms with Crippen LogP contribution in [0.1, 0.15) is 84.8 Å². The summed E-state index contributed by atoms with van der Waals surface area (Å²) in [5.74, 6) is 15.0. The molecule has 10 nitrogen and oxygen atoms in total. The molecule has 3 rings (SSSR count). The Balaban J connectivity index is 1.22. The molecule has 76 heavy (non-hydrogen) atoms. The van der Waals surface area contributed by atoms with Gasteiger partial charge < -0.3 is 30.3 Å². The number of rotatable bonds is 44. The second-order valence-electron chi connectivity index (χ2n) is 20.8. The SMILES string of the molecule is CCNCC1(C)CC(NCC(O)COc2ccc(C(C)(C)c3ccc(OCC(O)CCSCCSC(CSC)CSCCSCC(=O)OOC(=O)CCSCC(CSCCSC)SCCSC)cc3)cc2)CC(C)(C)C1. The van der Waals surface area contributed by atoms with E-state index in [1.54, 1.807) is 11.8 Å². The van der Waals surface area contributed by atoms with E-state index < -0.39 is 24.1 Å². The zero-order valence-electron chi connectivity index (χ0n) is 47.1. The van der Waals surface area contributed by atoms with Crippen molar-refractivity contribution in [1.82, 2.24) is 10.6 Å². The minimum Gasteiger partial charge on any atom is -0.491 e. The van der Waals surface area contributed by atoms with Gasteiger partial charge in [-0.05, 0) is 103 Å². The lowest BCUT2D eigenvalue weighted by Gasteiger charge is -2.47. The second-order valence-corrected chi connectivity index (χ2v) is 32.3. The van der Waals surface area contributed by atoms with Crippen molar-refractivity contribution in [2.75, 3.05) is 138 Å². The Kier molecular flexibility index (Phi) is 38.4. The van der Waals surface area contributed by atoms with E-state index in [9.17, 15) is 19.8 Å².